The molecule has 0 bridgehead atoms. The van der Waals surface area contributed by atoms with E-state index in [1.807, 2.05) is 6.08 Å². The Labute approximate surface area is 106 Å². The molecule has 0 N–H and O–H groups in total. The third kappa shape index (κ3) is 3.33. The Bertz CT molecular complexity index is 292. The second-order valence-electron chi connectivity index (χ2n) is 6.15. The number of hydrogen-bond acceptors (Lipinski definition) is 3. The van der Waals surface area contributed by atoms with Gasteiger partial charge in [-0.15, -0.1) is 0 Å². The lowest BCUT2D eigenvalue weighted by atomic mass is 10.2. The first-order valence-electron chi connectivity index (χ1n) is 6.22. The highest BCUT2D eigenvalue weighted by Gasteiger charge is 2.41. The molecule has 3 nitrogen and oxygen atoms in total. The van der Waals surface area contributed by atoms with Gasteiger partial charge in [-0.1, -0.05) is 20.8 Å². The first kappa shape index (κ1) is 14.7. The second kappa shape index (κ2) is 5.12. The fraction of sp³-hybridized carbons (Fsp3) is 0.846. The Morgan fingerprint density at radius 3 is 2.47 bits per heavy atom. The minimum absolute atomic E-state index is 0.0459. The Balaban J connectivity index is 2.67. The number of hydrogen-bond donors (Lipinski definition) is 0. The quantitative estimate of drug-likeness (QED) is 0.724. The molecule has 0 unspecified atom stereocenters. The summed E-state index contributed by atoms with van der Waals surface area (Å²) in [5.74, 6) is 0.899. The molecule has 0 aromatic carbocycles. The predicted molar refractivity (Wildman–Crippen MR) is 72.6 cm³/mol. The van der Waals surface area contributed by atoms with E-state index in [1.165, 1.54) is 0 Å². The van der Waals surface area contributed by atoms with Crippen molar-refractivity contribution in [1.82, 2.24) is 0 Å². The molecular formula is C13H26O3Si. The fourth-order valence-corrected chi connectivity index (χ4v) is 3.11. The molecule has 0 saturated carbocycles. The van der Waals surface area contributed by atoms with E-state index in [0.717, 1.165) is 5.76 Å². The van der Waals surface area contributed by atoms with Gasteiger partial charge in [0.1, 0.15) is 11.9 Å². The van der Waals surface area contributed by atoms with Crippen LogP contribution in [0.15, 0.2) is 11.8 Å². The van der Waals surface area contributed by atoms with Gasteiger partial charge in [0.05, 0.1) is 19.8 Å². The number of ether oxygens (including phenoxy) is 2. The van der Waals surface area contributed by atoms with Crippen LogP contribution in [0.4, 0.5) is 0 Å². The standard InChI is InChI=1S/C13H26O3Si/c1-10(12-11(14-5)8-9-15-12)16-17(6,7)13(2,3)4/h8,10,12H,9H2,1-7H3/t10-,12-/m0/s1. The molecule has 4 heteroatoms. The van der Waals surface area contributed by atoms with Gasteiger partial charge >= 0.3 is 0 Å². The zero-order valence-electron chi connectivity index (χ0n) is 12.2. The molecule has 0 spiro atoms. The summed E-state index contributed by atoms with van der Waals surface area (Å²) in [6, 6.07) is 0. The van der Waals surface area contributed by atoms with E-state index in [9.17, 15) is 0 Å². The summed E-state index contributed by atoms with van der Waals surface area (Å²) in [7, 11) is -0.0536. The summed E-state index contributed by atoms with van der Waals surface area (Å²) in [5, 5.41) is 0.219. The van der Waals surface area contributed by atoms with Crippen molar-refractivity contribution in [1.29, 1.82) is 0 Å². The van der Waals surface area contributed by atoms with Crippen molar-refractivity contribution >= 4 is 8.32 Å². The molecule has 0 radical (unpaired) electrons. The summed E-state index contributed by atoms with van der Waals surface area (Å²) in [6.45, 7) is 13.9. The molecule has 1 rings (SSSR count). The van der Waals surface area contributed by atoms with E-state index in [4.69, 9.17) is 13.9 Å². The van der Waals surface area contributed by atoms with Crippen molar-refractivity contribution in [3.8, 4) is 0 Å². The zero-order chi connectivity index (χ0) is 13.3. The van der Waals surface area contributed by atoms with E-state index >= 15 is 0 Å². The third-order valence-corrected chi connectivity index (χ3v) is 8.36. The smallest absolute Gasteiger partial charge is 0.192 e. The molecule has 2 atom stereocenters. The van der Waals surface area contributed by atoms with Crippen molar-refractivity contribution in [2.75, 3.05) is 13.7 Å². The van der Waals surface area contributed by atoms with Crippen LogP contribution < -0.4 is 0 Å². The molecule has 1 aliphatic heterocycles. The maximum absolute atomic E-state index is 6.31. The maximum atomic E-state index is 6.31. The molecule has 0 saturated heterocycles. The summed E-state index contributed by atoms with van der Waals surface area (Å²) >= 11 is 0. The van der Waals surface area contributed by atoms with Gasteiger partial charge in [-0.3, -0.25) is 0 Å². The molecule has 1 aliphatic rings. The highest BCUT2D eigenvalue weighted by molar-refractivity contribution is 6.74. The van der Waals surface area contributed by atoms with Crippen LogP contribution in [0.3, 0.4) is 0 Å². The first-order valence-corrected chi connectivity index (χ1v) is 9.13. The Morgan fingerprint density at radius 1 is 1.41 bits per heavy atom. The molecule has 0 aromatic heterocycles. The summed E-state index contributed by atoms with van der Waals surface area (Å²) in [5.41, 5.74) is 0. The molecule has 0 aromatic rings. The van der Waals surface area contributed by atoms with E-state index in [1.54, 1.807) is 7.11 Å². The summed E-state index contributed by atoms with van der Waals surface area (Å²) in [4.78, 5) is 0. The average Bonchev–Trinajstić information content (AvgIpc) is 2.62. The topological polar surface area (TPSA) is 27.7 Å². The average molecular weight is 258 g/mol. The van der Waals surface area contributed by atoms with E-state index < -0.39 is 8.32 Å². The van der Waals surface area contributed by atoms with Gasteiger partial charge in [0.25, 0.3) is 0 Å². The van der Waals surface area contributed by atoms with E-state index in [-0.39, 0.29) is 17.2 Å². The monoisotopic (exact) mass is 258 g/mol. The van der Waals surface area contributed by atoms with Crippen LogP contribution in [-0.2, 0) is 13.9 Å². The third-order valence-electron chi connectivity index (χ3n) is 3.79. The predicted octanol–water partition coefficient (Wildman–Crippen LogP) is 3.33. The van der Waals surface area contributed by atoms with Crippen molar-refractivity contribution in [3.05, 3.63) is 11.8 Å². The fourth-order valence-electron chi connectivity index (χ4n) is 1.70. The van der Waals surface area contributed by atoms with Crippen LogP contribution >= 0.6 is 0 Å². The molecule has 17 heavy (non-hydrogen) atoms. The van der Waals surface area contributed by atoms with Crippen LogP contribution in [0.1, 0.15) is 27.7 Å². The van der Waals surface area contributed by atoms with Gasteiger partial charge in [-0.05, 0) is 31.1 Å². The number of methoxy groups -OCH3 is 1. The SMILES string of the molecule is COC1=CCO[C@H]1[C@H](C)O[Si](C)(C)C(C)(C)C. The van der Waals surface area contributed by atoms with Crippen molar-refractivity contribution in [2.24, 2.45) is 0 Å². The largest absolute Gasteiger partial charge is 0.498 e. The van der Waals surface area contributed by atoms with Gasteiger partial charge in [0.15, 0.2) is 8.32 Å². The zero-order valence-corrected chi connectivity index (χ0v) is 13.2. The maximum Gasteiger partial charge on any atom is 0.192 e. The van der Waals surface area contributed by atoms with Gasteiger partial charge in [-0.2, -0.15) is 0 Å². The van der Waals surface area contributed by atoms with E-state index in [0.29, 0.717) is 6.61 Å². The number of rotatable bonds is 4. The molecule has 100 valence electrons. The van der Waals surface area contributed by atoms with Crippen LogP contribution in [0, 0.1) is 0 Å². The lowest BCUT2D eigenvalue weighted by molar-refractivity contribution is 0.00150. The minimum atomic E-state index is -1.74. The van der Waals surface area contributed by atoms with Crippen molar-refractivity contribution < 1.29 is 13.9 Å². The Kier molecular flexibility index (Phi) is 4.44. The first-order chi connectivity index (χ1) is 7.69. The van der Waals surface area contributed by atoms with Gasteiger partial charge in [0, 0.05) is 0 Å². The highest BCUT2D eigenvalue weighted by atomic mass is 28.4. The van der Waals surface area contributed by atoms with Gasteiger partial charge < -0.3 is 13.9 Å². The highest BCUT2D eigenvalue weighted by Crippen LogP contribution is 2.38. The van der Waals surface area contributed by atoms with E-state index in [2.05, 4.69) is 40.8 Å². The van der Waals surface area contributed by atoms with Gasteiger partial charge in [0.2, 0.25) is 0 Å². The van der Waals surface area contributed by atoms with Crippen LogP contribution in [0.5, 0.6) is 0 Å². The van der Waals surface area contributed by atoms with Crippen molar-refractivity contribution in [3.63, 3.8) is 0 Å². The Morgan fingerprint density at radius 2 is 2.00 bits per heavy atom. The lowest BCUT2D eigenvalue weighted by Gasteiger charge is -2.39. The molecule has 1 heterocycles. The lowest BCUT2D eigenvalue weighted by Crippen LogP contribution is -2.46. The van der Waals surface area contributed by atoms with Crippen LogP contribution in [-0.4, -0.2) is 34.2 Å². The summed E-state index contributed by atoms with van der Waals surface area (Å²) < 4.78 is 17.3. The Hall–Kier alpha value is -0.323. The van der Waals surface area contributed by atoms with Crippen LogP contribution in [0.2, 0.25) is 18.1 Å². The molecular weight excluding hydrogens is 232 g/mol. The summed E-state index contributed by atoms with van der Waals surface area (Å²) in [6.07, 6.45) is 1.98. The minimum Gasteiger partial charge on any atom is -0.498 e. The van der Waals surface area contributed by atoms with Gasteiger partial charge in [-0.25, -0.2) is 0 Å². The molecule has 0 aliphatic carbocycles. The normalized spacial score (nSPS) is 23.5. The van der Waals surface area contributed by atoms with Crippen molar-refractivity contribution in [2.45, 2.75) is 58.0 Å². The van der Waals surface area contributed by atoms with Crippen LogP contribution in [0.25, 0.3) is 0 Å². The second-order valence-corrected chi connectivity index (χ2v) is 10.9. The molecule has 0 fully saturated rings. The molecule has 0 amide bonds.